The van der Waals surface area contributed by atoms with Gasteiger partial charge in [0.2, 0.25) is 0 Å². The average molecular weight is 242 g/mol. The highest BCUT2D eigenvalue weighted by Gasteiger charge is 2.23. The number of phenols is 1. The molecule has 0 saturated carbocycles. The molecule has 2 aromatic rings. The van der Waals surface area contributed by atoms with Gasteiger partial charge in [0.1, 0.15) is 18.1 Å². The Balaban J connectivity index is 1.70. The number of ether oxygens (including phenoxy) is 1. The summed E-state index contributed by atoms with van der Waals surface area (Å²) in [7, 11) is 0. The summed E-state index contributed by atoms with van der Waals surface area (Å²) in [4.78, 5) is 3.99. The summed E-state index contributed by atoms with van der Waals surface area (Å²) in [5.74, 6) is 1.01. The number of hydrogen-bond acceptors (Lipinski definition) is 4. The molecule has 0 amide bonds. The maximum absolute atomic E-state index is 9.38. The van der Waals surface area contributed by atoms with Crippen molar-refractivity contribution in [2.45, 2.75) is 12.6 Å². The number of fused-ring (bicyclic) bond motifs is 1. The van der Waals surface area contributed by atoms with Crippen LogP contribution < -0.4 is 10.1 Å². The number of aromatic nitrogens is 1. The van der Waals surface area contributed by atoms with Crippen LogP contribution in [0.5, 0.6) is 11.5 Å². The van der Waals surface area contributed by atoms with Gasteiger partial charge in [-0.05, 0) is 29.8 Å². The lowest BCUT2D eigenvalue weighted by Gasteiger charge is -2.11. The molecule has 2 heterocycles. The zero-order valence-electron chi connectivity index (χ0n) is 9.84. The van der Waals surface area contributed by atoms with Crippen LogP contribution in [-0.2, 0) is 6.54 Å². The van der Waals surface area contributed by atoms with Crippen molar-refractivity contribution in [1.82, 2.24) is 10.3 Å². The third kappa shape index (κ3) is 2.15. The van der Waals surface area contributed by atoms with Crippen molar-refractivity contribution in [3.63, 3.8) is 0 Å². The number of pyridine rings is 1. The molecule has 1 unspecified atom stereocenters. The molecule has 0 bridgehead atoms. The maximum Gasteiger partial charge on any atom is 0.127 e. The SMILES string of the molecule is Oc1ccc2c(c1)OCC2NCc1ccncc1. The summed E-state index contributed by atoms with van der Waals surface area (Å²) in [5, 5.41) is 12.8. The van der Waals surface area contributed by atoms with E-state index in [1.54, 1.807) is 24.5 Å². The van der Waals surface area contributed by atoms with Gasteiger partial charge in [0.15, 0.2) is 0 Å². The molecule has 0 saturated heterocycles. The third-order valence-electron chi connectivity index (χ3n) is 3.08. The first kappa shape index (κ1) is 11.0. The van der Waals surface area contributed by atoms with Gasteiger partial charge in [-0.2, -0.15) is 0 Å². The van der Waals surface area contributed by atoms with E-state index in [1.165, 1.54) is 5.56 Å². The monoisotopic (exact) mass is 242 g/mol. The van der Waals surface area contributed by atoms with Gasteiger partial charge in [0, 0.05) is 30.6 Å². The molecule has 1 aliphatic rings. The summed E-state index contributed by atoms with van der Waals surface area (Å²) >= 11 is 0. The normalized spacial score (nSPS) is 17.2. The zero-order chi connectivity index (χ0) is 12.4. The lowest BCUT2D eigenvalue weighted by molar-refractivity contribution is 0.309. The highest BCUT2D eigenvalue weighted by atomic mass is 16.5. The van der Waals surface area contributed by atoms with E-state index in [4.69, 9.17) is 4.74 Å². The number of benzene rings is 1. The predicted octanol–water partition coefficient (Wildman–Crippen LogP) is 2.01. The molecule has 0 fully saturated rings. The van der Waals surface area contributed by atoms with Crippen LogP contribution >= 0.6 is 0 Å². The van der Waals surface area contributed by atoms with Crippen LogP contribution in [0.1, 0.15) is 17.2 Å². The van der Waals surface area contributed by atoms with E-state index in [0.29, 0.717) is 6.61 Å². The van der Waals surface area contributed by atoms with Crippen LogP contribution in [0.4, 0.5) is 0 Å². The van der Waals surface area contributed by atoms with Gasteiger partial charge in [-0.3, -0.25) is 4.98 Å². The molecule has 1 atom stereocenters. The molecular formula is C14H14N2O2. The molecule has 1 aromatic heterocycles. The van der Waals surface area contributed by atoms with E-state index in [2.05, 4.69) is 10.3 Å². The zero-order valence-corrected chi connectivity index (χ0v) is 9.84. The molecule has 1 aliphatic heterocycles. The van der Waals surface area contributed by atoms with Crippen molar-refractivity contribution in [3.8, 4) is 11.5 Å². The maximum atomic E-state index is 9.38. The van der Waals surface area contributed by atoms with Gasteiger partial charge in [-0.15, -0.1) is 0 Å². The van der Waals surface area contributed by atoms with Gasteiger partial charge in [-0.1, -0.05) is 0 Å². The number of nitrogens with zero attached hydrogens (tertiary/aromatic N) is 1. The Morgan fingerprint density at radius 3 is 2.94 bits per heavy atom. The van der Waals surface area contributed by atoms with Crippen molar-refractivity contribution in [2.75, 3.05) is 6.61 Å². The molecule has 0 spiro atoms. The average Bonchev–Trinajstić information content (AvgIpc) is 2.80. The van der Waals surface area contributed by atoms with Crippen molar-refractivity contribution >= 4 is 0 Å². The van der Waals surface area contributed by atoms with Gasteiger partial charge < -0.3 is 15.2 Å². The minimum absolute atomic E-state index is 0.175. The van der Waals surface area contributed by atoms with Crippen LogP contribution in [0.15, 0.2) is 42.7 Å². The molecule has 4 heteroatoms. The molecule has 2 N–H and O–H groups in total. The first-order chi connectivity index (χ1) is 8.83. The van der Waals surface area contributed by atoms with Gasteiger partial charge in [0.05, 0.1) is 6.04 Å². The molecular weight excluding hydrogens is 228 g/mol. The van der Waals surface area contributed by atoms with E-state index >= 15 is 0 Å². The summed E-state index contributed by atoms with van der Waals surface area (Å²) < 4.78 is 5.55. The van der Waals surface area contributed by atoms with Crippen LogP contribution in [0.25, 0.3) is 0 Å². The lowest BCUT2D eigenvalue weighted by Crippen LogP contribution is -2.21. The van der Waals surface area contributed by atoms with Gasteiger partial charge in [-0.25, -0.2) is 0 Å². The fraction of sp³-hybridized carbons (Fsp3) is 0.214. The standard InChI is InChI=1S/C14H14N2O2/c17-11-1-2-12-13(9-18-14(12)7-11)16-8-10-3-5-15-6-4-10/h1-7,13,16-17H,8-9H2. The van der Waals surface area contributed by atoms with E-state index < -0.39 is 0 Å². The fourth-order valence-corrected chi connectivity index (χ4v) is 2.11. The van der Waals surface area contributed by atoms with Crippen molar-refractivity contribution in [1.29, 1.82) is 0 Å². The Bertz CT molecular complexity index is 543. The first-order valence-corrected chi connectivity index (χ1v) is 5.91. The van der Waals surface area contributed by atoms with Gasteiger partial charge >= 0.3 is 0 Å². The number of hydrogen-bond donors (Lipinski definition) is 2. The summed E-state index contributed by atoms with van der Waals surface area (Å²) in [6.45, 7) is 1.38. The summed E-state index contributed by atoms with van der Waals surface area (Å²) in [6, 6.07) is 9.40. The summed E-state index contributed by atoms with van der Waals surface area (Å²) in [6.07, 6.45) is 3.57. The molecule has 1 aromatic carbocycles. The Morgan fingerprint density at radius 1 is 1.28 bits per heavy atom. The second kappa shape index (κ2) is 4.66. The molecule has 18 heavy (non-hydrogen) atoms. The summed E-state index contributed by atoms with van der Waals surface area (Å²) in [5.41, 5.74) is 2.29. The molecule has 92 valence electrons. The fourth-order valence-electron chi connectivity index (χ4n) is 2.11. The van der Waals surface area contributed by atoms with Crippen molar-refractivity contribution < 1.29 is 9.84 Å². The van der Waals surface area contributed by atoms with Crippen LogP contribution in [0.3, 0.4) is 0 Å². The second-order valence-corrected chi connectivity index (χ2v) is 4.32. The molecule has 0 radical (unpaired) electrons. The minimum Gasteiger partial charge on any atom is -0.508 e. The number of phenolic OH excluding ortho intramolecular Hbond substituents is 1. The topological polar surface area (TPSA) is 54.4 Å². The van der Waals surface area contributed by atoms with Crippen LogP contribution in [0, 0.1) is 0 Å². The van der Waals surface area contributed by atoms with Crippen LogP contribution in [-0.4, -0.2) is 16.7 Å². The van der Waals surface area contributed by atoms with Crippen molar-refractivity contribution in [2.24, 2.45) is 0 Å². The Morgan fingerprint density at radius 2 is 2.11 bits per heavy atom. The van der Waals surface area contributed by atoms with E-state index in [9.17, 15) is 5.11 Å². The smallest absolute Gasteiger partial charge is 0.127 e. The highest BCUT2D eigenvalue weighted by molar-refractivity contribution is 5.44. The van der Waals surface area contributed by atoms with E-state index in [1.807, 2.05) is 18.2 Å². The Kier molecular flexibility index (Phi) is 2.86. The molecule has 0 aliphatic carbocycles. The van der Waals surface area contributed by atoms with Crippen LogP contribution in [0.2, 0.25) is 0 Å². The Labute approximate surface area is 105 Å². The quantitative estimate of drug-likeness (QED) is 0.864. The lowest BCUT2D eigenvalue weighted by atomic mass is 10.1. The highest BCUT2D eigenvalue weighted by Crippen LogP contribution is 2.34. The Hall–Kier alpha value is -2.07. The number of aromatic hydroxyl groups is 1. The van der Waals surface area contributed by atoms with Gasteiger partial charge in [0.25, 0.3) is 0 Å². The van der Waals surface area contributed by atoms with E-state index in [0.717, 1.165) is 17.9 Å². The second-order valence-electron chi connectivity index (χ2n) is 4.32. The van der Waals surface area contributed by atoms with Crippen molar-refractivity contribution in [3.05, 3.63) is 53.9 Å². The number of nitrogens with one attached hydrogen (secondary N) is 1. The predicted molar refractivity (Wildman–Crippen MR) is 67.4 cm³/mol. The molecule has 4 nitrogen and oxygen atoms in total. The first-order valence-electron chi connectivity index (χ1n) is 5.91. The number of rotatable bonds is 3. The van der Waals surface area contributed by atoms with E-state index in [-0.39, 0.29) is 11.8 Å². The largest absolute Gasteiger partial charge is 0.508 e. The minimum atomic E-state index is 0.175. The third-order valence-corrected chi connectivity index (χ3v) is 3.08. The molecule has 3 rings (SSSR count).